The van der Waals surface area contributed by atoms with Crippen LogP contribution in [0, 0.1) is 0 Å². The van der Waals surface area contributed by atoms with Crippen molar-refractivity contribution in [1.29, 1.82) is 0 Å². The van der Waals surface area contributed by atoms with Crippen molar-refractivity contribution in [2.24, 2.45) is 0 Å². The fraction of sp³-hybridized carbons (Fsp3) is 0.154. The van der Waals surface area contributed by atoms with E-state index in [1.54, 1.807) is 37.3 Å². The molecule has 1 N–H and O–H groups in total. The number of aromatic nitrogens is 1. The van der Waals surface area contributed by atoms with Gasteiger partial charge in [0.25, 0.3) is 0 Å². The number of carboxylic acid groups (broad SMARTS) is 1. The van der Waals surface area contributed by atoms with Crippen molar-refractivity contribution in [2.75, 3.05) is 14.2 Å². The van der Waals surface area contributed by atoms with Gasteiger partial charge in [-0.05, 0) is 65.2 Å². The summed E-state index contributed by atoms with van der Waals surface area (Å²) in [4.78, 5) is 16.9. The van der Waals surface area contributed by atoms with Crippen molar-refractivity contribution in [3.05, 3.63) is 83.9 Å². The molecule has 0 amide bonds. The molecule has 0 unspecified atom stereocenters. The van der Waals surface area contributed by atoms with E-state index in [0.717, 1.165) is 54.4 Å². The number of rotatable bonds is 9. The van der Waals surface area contributed by atoms with Crippen LogP contribution in [0.3, 0.4) is 0 Å². The highest BCUT2D eigenvalue weighted by molar-refractivity contribution is 8.00. The third kappa shape index (κ3) is 5.74. The SMILES string of the molecule is COc1ccc(-c2nc(SCc3ccc(CC(=O)O)cc3)sc2-c2ccc(OC)cc2)cc1. The molecule has 4 rings (SSSR count). The molecule has 0 radical (unpaired) electrons. The highest BCUT2D eigenvalue weighted by Gasteiger charge is 2.16. The van der Waals surface area contributed by atoms with E-state index in [4.69, 9.17) is 19.6 Å². The lowest BCUT2D eigenvalue weighted by molar-refractivity contribution is -0.136. The van der Waals surface area contributed by atoms with Gasteiger partial charge in [0.05, 0.1) is 31.2 Å². The summed E-state index contributed by atoms with van der Waals surface area (Å²) in [6.07, 6.45) is 0.0380. The van der Waals surface area contributed by atoms with Crippen LogP contribution in [0.5, 0.6) is 11.5 Å². The maximum Gasteiger partial charge on any atom is 0.307 e. The molecule has 0 spiro atoms. The van der Waals surface area contributed by atoms with Crippen molar-refractivity contribution in [3.8, 4) is 33.2 Å². The van der Waals surface area contributed by atoms with E-state index in [9.17, 15) is 4.79 Å². The Labute approximate surface area is 201 Å². The van der Waals surface area contributed by atoms with Gasteiger partial charge in [0.1, 0.15) is 11.5 Å². The van der Waals surface area contributed by atoms with Crippen LogP contribution in [0.2, 0.25) is 0 Å². The molecule has 33 heavy (non-hydrogen) atoms. The molecule has 0 aliphatic carbocycles. The highest BCUT2D eigenvalue weighted by Crippen LogP contribution is 2.41. The fourth-order valence-electron chi connectivity index (χ4n) is 3.32. The van der Waals surface area contributed by atoms with Gasteiger partial charge in [0.15, 0.2) is 4.34 Å². The molecule has 0 fully saturated rings. The Morgan fingerprint density at radius 3 is 1.94 bits per heavy atom. The Morgan fingerprint density at radius 1 is 0.848 bits per heavy atom. The average Bonchev–Trinajstić information content (AvgIpc) is 3.27. The Kier molecular flexibility index (Phi) is 7.32. The summed E-state index contributed by atoms with van der Waals surface area (Å²) in [6.45, 7) is 0. The minimum Gasteiger partial charge on any atom is -0.497 e. The van der Waals surface area contributed by atoms with Gasteiger partial charge in [-0.25, -0.2) is 4.98 Å². The molecule has 0 atom stereocenters. The molecular weight excluding hydrogens is 454 g/mol. The lowest BCUT2D eigenvalue weighted by Gasteiger charge is -2.05. The molecule has 1 heterocycles. The normalized spacial score (nSPS) is 10.7. The second-order valence-corrected chi connectivity index (χ2v) is 9.51. The van der Waals surface area contributed by atoms with Gasteiger partial charge in [-0.3, -0.25) is 4.79 Å². The van der Waals surface area contributed by atoms with E-state index >= 15 is 0 Å². The van der Waals surface area contributed by atoms with Crippen LogP contribution in [-0.2, 0) is 17.0 Å². The molecule has 7 heteroatoms. The molecule has 5 nitrogen and oxygen atoms in total. The number of benzene rings is 3. The minimum absolute atomic E-state index is 0.0380. The van der Waals surface area contributed by atoms with Crippen LogP contribution in [0.15, 0.2) is 77.1 Å². The number of thiazole rings is 1. The first-order valence-corrected chi connectivity index (χ1v) is 12.1. The third-order valence-corrected chi connectivity index (χ3v) is 7.38. The second kappa shape index (κ2) is 10.6. The topological polar surface area (TPSA) is 68.7 Å². The number of hydrogen-bond acceptors (Lipinski definition) is 6. The molecule has 0 aliphatic rings. The Balaban J connectivity index is 1.60. The lowest BCUT2D eigenvalue weighted by Crippen LogP contribution is -1.99. The van der Waals surface area contributed by atoms with Crippen molar-refractivity contribution in [1.82, 2.24) is 4.98 Å². The quantitative estimate of drug-likeness (QED) is 0.281. The summed E-state index contributed by atoms with van der Waals surface area (Å²) in [6, 6.07) is 23.7. The summed E-state index contributed by atoms with van der Waals surface area (Å²) < 4.78 is 11.6. The summed E-state index contributed by atoms with van der Waals surface area (Å²) in [7, 11) is 3.32. The number of methoxy groups -OCH3 is 2. The molecule has 0 aliphatic heterocycles. The van der Waals surface area contributed by atoms with Gasteiger partial charge in [0.2, 0.25) is 0 Å². The first-order chi connectivity index (χ1) is 16.1. The monoisotopic (exact) mass is 477 g/mol. The number of thioether (sulfide) groups is 1. The van der Waals surface area contributed by atoms with E-state index in [1.807, 2.05) is 60.7 Å². The van der Waals surface area contributed by atoms with Gasteiger partial charge < -0.3 is 14.6 Å². The molecule has 0 saturated heterocycles. The first-order valence-electron chi connectivity index (χ1n) is 10.3. The Bertz CT molecular complexity index is 1150. The Hall–Kier alpha value is -3.29. The summed E-state index contributed by atoms with van der Waals surface area (Å²) >= 11 is 3.34. The fourth-order valence-corrected chi connectivity index (χ4v) is 5.44. The average molecular weight is 478 g/mol. The number of ether oxygens (including phenoxy) is 2. The van der Waals surface area contributed by atoms with Crippen molar-refractivity contribution < 1.29 is 19.4 Å². The smallest absolute Gasteiger partial charge is 0.307 e. The van der Waals surface area contributed by atoms with Crippen molar-refractivity contribution in [3.63, 3.8) is 0 Å². The largest absolute Gasteiger partial charge is 0.497 e. The maximum absolute atomic E-state index is 10.9. The van der Waals surface area contributed by atoms with E-state index in [0.29, 0.717) is 0 Å². The number of aliphatic carboxylic acids is 1. The molecule has 3 aromatic carbocycles. The van der Waals surface area contributed by atoms with Gasteiger partial charge in [-0.2, -0.15) is 0 Å². The first kappa shape index (κ1) is 22.9. The van der Waals surface area contributed by atoms with E-state index in [2.05, 4.69) is 12.1 Å². The highest BCUT2D eigenvalue weighted by atomic mass is 32.2. The molecule has 0 saturated carbocycles. The second-order valence-electron chi connectivity index (χ2n) is 7.29. The van der Waals surface area contributed by atoms with E-state index < -0.39 is 5.97 Å². The number of carbonyl (C=O) groups is 1. The molecule has 1 aromatic heterocycles. The maximum atomic E-state index is 10.9. The van der Waals surface area contributed by atoms with Crippen LogP contribution in [0.25, 0.3) is 21.7 Å². The Morgan fingerprint density at radius 2 is 1.39 bits per heavy atom. The zero-order valence-corrected chi connectivity index (χ0v) is 19.9. The number of nitrogens with zero attached hydrogens (tertiary/aromatic N) is 1. The molecule has 0 bridgehead atoms. The van der Waals surface area contributed by atoms with Gasteiger partial charge in [-0.1, -0.05) is 36.0 Å². The predicted octanol–water partition coefficient (Wildman–Crippen LogP) is 6.41. The van der Waals surface area contributed by atoms with E-state index in [1.165, 1.54) is 0 Å². The standard InChI is InChI=1S/C26H23NO4S2/c1-30-21-11-7-19(8-12-21)24-25(20-9-13-22(31-2)14-10-20)33-26(27-24)32-16-18-5-3-17(4-6-18)15-23(28)29/h3-14H,15-16H2,1-2H3,(H,28,29). The van der Waals surface area contributed by atoms with Crippen LogP contribution in [-0.4, -0.2) is 30.3 Å². The third-order valence-electron chi connectivity index (χ3n) is 5.06. The lowest BCUT2D eigenvalue weighted by atomic mass is 10.1. The molecular formula is C26H23NO4S2. The van der Waals surface area contributed by atoms with Crippen LogP contribution in [0.1, 0.15) is 11.1 Å². The predicted molar refractivity (Wildman–Crippen MR) is 133 cm³/mol. The van der Waals surface area contributed by atoms with Crippen molar-refractivity contribution >= 4 is 29.1 Å². The van der Waals surface area contributed by atoms with Gasteiger partial charge >= 0.3 is 5.97 Å². The van der Waals surface area contributed by atoms with Crippen LogP contribution in [0.4, 0.5) is 0 Å². The van der Waals surface area contributed by atoms with Gasteiger partial charge in [0, 0.05) is 11.3 Å². The summed E-state index contributed by atoms with van der Waals surface area (Å²) in [5, 5.41) is 8.94. The number of carboxylic acids is 1. The molecule has 4 aromatic rings. The van der Waals surface area contributed by atoms with Crippen molar-refractivity contribution in [2.45, 2.75) is 16.5 Å². The zero-order valence-electron chi connectivity index (χ0n) is 18.3. The zero-order chi connectivity index (χ0) is 23.2. The van der Waals surface area contributed by atoms with Gasteiger partial charge in [-0.15, -0.1) is 11.3 Å². The van der Waals surface area contributed by atoms with Crippen LogP contribution < -0.4 is 9.47 Å². The summed E-state index contributed by atoms with van der Waals surface area (Å²) in [5.41, 5.74) is 4.98. The van der Waals surface area contributed by atoms with Crippen LogP contribution >= 0.6 is 23.1 Å². The summed E-state index contributed by atoms with van der Waals surface area (Å²) in [5.74, 6) is 1.55. The van der Waals surface area contributed by atoms with E-state index in [-0.39, 0.29) is 6.42 Å². The number of hydrogen-bond donors (Lipinski definition) is 1. The molecule has 168 valence electrons. The minimum atomic E-state index is -0.822.